The zero-order valence-corrected chi connectivity index (χ0v) is 16.7. The molecule has 4 rings (SSSR count). The fourth-order valence-electron chi connectivity index (χ4n) is 2.77. The predicted molar refractivity (Wildman–Crippen MR) is 113 cm³/mol. The summed E-state index contributed by atoms with van der Waals surface area (Å²) in [6.07, 6.45) is 1.52. The lowest BCUT2D eigenvalue weighted by molar-refractivity contribution is 0.601. The van der Waals surface area contributed by atoms with E-state index in [1.165, 1.54) is 22.2 Å². The summed E-state index contributed by atoms with van der Waals surface area (Å²) < 4.78 is 30.0. The maximum atomic E-state index is 12.9. The Morgan fingerprint density at radius 3 is 2.25 bits per heavy atom. The van der Waals surface area contributed by atoms with Crippen molar-refractivity contribution < 1.29 is 8.42 Å². The fourth-order valence-corrected chi connectivity index (χ4v) is 4.81. The van der Waals surface area contributed by atoms with Gasteiger partial charge in [-0.15, -0.1) is 11.3 Å². The lowest BCUT2D eigenvalue weighted by atomic mass is 10.2. The second-order valence-electron chi connectivity index (χ2n) is 6.17. The summed E-state index contributed by atoms with van der Waals surface area (Å²) in [5.41, 5.74) is 2.77. The molecule has 2 aromatic carbocycles. The normalized spacial score (nSPS) is 11.3. The number of nitrogens with one attached hydrogen (secondary N) is 2. The van der Waals surface area contributed by atoms with Crippen LogP contribution in [-0.2, 0) is 17.1 Å². The summed E-state index contributed by atoms with van der Waals surface area (Å²) in [4.78, 5) is 0.965. The summed E-state index contributed by atoms with van der Waals surface area (Å²) in [5.74, 6) is 0. The molecule has 0 bridgehead atoms. The van der Waals surface area contributed by atoms with E-state index < -0.39 is 10.0 Å². The number of aryl methyl sites for hydroxylation is 1. The standard InChI is InChI=1S/C20H18N4O2S2/c1-24-14-19(20(22-24)18-8-5-13-27-18)28(25,26)23-17-11-9-16(10-12-17)21-15-6-3-2-4-7-15/h2-14,21,23H,1H3. The van der Waals surface area contributed by atoms with E-state index in [1.807, 2.05) is 60.0 Å². The molecule has 0 spiro atoms. The van der Waals surface area contributed by atoms with Gasteiger partial charge in [-0.05, 0) is 47.8 Å². The van der Waals surface area contributed by atoms with Crippen molar-refractivity contribution in [1.82, 2.24) is 9.78 Å². The molecule has 0 atom stereocenters. The topological polar surface area (TPSA) is 76.0 Å². The number of nitrogens with zero attached hydrogens (tertiary/aromatic N) is 2. The Morgan fingerprint density at radius 1 is 0.893 bits per heavy atom. The average molecular weight is 411 g/mol. The fraction of sp³-hybridized carbons (Fsp3) is 0.0500. The average Bonchev–Trinajstić information content (AvgIpc) is 3.34. The van der Waals surface area contributed by atoms with Crippen molar-refractivity contribution in [2.75, 3.05) is 10.0 Å². The van der Waals surface area contributed by atoms with E-state index in [0.717, 1.165) is 16.3 Å². The van der Waals surface area contributed by atoms with Crippen molar-refractivity contribution in [3.05, 3.63) is 78.3 Å². The highest BCUT2D eigenvalue weighted by molar-refractivity contribution is 7.92. The molecule has 6 nitrogen and oxygen atoms in total. The number of benzene rings is 2. The summed E-state index contributed by atoms with van der Waals surface area (Å²) in [6, 6.07) is 20.6. The van der Waals surface area contributed by atoms with Gasteiger partial charge in [-0.3, -0.25) is 9.40 Å². The highest BCUT2D eigenvalue weighted by atomic mass is 32.2. The van der Waals surface area contributed by atoms with Crippen LogP contribution in [-0.4, -0.2) is 18.2 Å². The zero-order chi connectivity index (χ0) is 19.6. The van der Waals surface area contributed by atoms with Crippen molar-refractivity contribution in [1.29, 1.82) is 0 Å². The molecule has 0 aliphatic rings. The molecular weight excluding hydrogens is 392 g/mol. The summed E-state index contributed by atoms with van der Waals surface area (Å²) in [6.45, 7) is 0. The van der Waals surface area contributed by atoms with Crippen LogP contribution < -0.4 is 10.0 Å². The van der Waals surface area contributed by atoms with Gasteiger partial charge in [0.1, 0.15) is 10.6 Å². The van der Waals surface area contributed by atoms with Gasteiger partial charge in [-0.1, -0.05) is 24.3 Å². The largest absolute Gasteiger partial charge is 0.356 e. The minimum absolute atomic E-state index is 0.156. The van der Waals surface area contributed by atoms with Crippen LogP contribution in [0.15, 0.2) is 83.2 Å². The molecule has 0 saturated heterocycles. The lowest BCUT2D eigenvalue weighted by Crippen LogP contribution is -2.13. The quantitative estimate of drug-likeness (QED) is 0.483. The third-order valence-electron chi connectivity index (χ3n) is 4.04. The Bertz CT molecular complexity index is 1170. The molecule has 28 heavy (non-hydrogen) atoms. The molecule has 0 saturated carbocycles. The third kappa shape index (κ3) is 3.92. The van der Waals surface area contributed by atoms with E-state index in [4.69, 9.17) is 0 Å². The van der Waals surface area contributed by atoms with E-state index >= 15 is 0 Å². The second-order valence-corrected chi connectivity index (χ2v) is 8.77. The van der Waals surface area contributed by atoms with E-state index in [9.17, 15) is 8.42 Å². The van der Waals surface area contributed by atoms with Gasteiger partial charge in [0.2, 0.25) is 0 Å². The molecule has 2 aromatic heterocycles. The summed E-state index contributed by atoms with van der Waals surface area (Å²) >= 11 is 1.45. The Morgan fingerprint density at radius 2 is 1.57 bits per heavy atom. The number of aromatic nitrogens is 2. The predicted octanol–water partition coefficient (Wildman–Crippen LogP) is 4.69. The Labute approximate surface area is 167 Å². The van der Waals surface area contributed by atoms with Crippen LogP contribution in [0.4, 0.5) is 17.1 Å². The van der Waals surface area contributed by atoms with Crippen molar-refractivity contribution >= 4 is 38.4 Å². The molecule has 0 aliphatic carbocycles. The monoisotopic (exact) mass is 410 g/mol. The smallest absolute Gasteiger partial charge is 0.265 e. The Hall–Kier alpha value is -3.10. The maximum absolute atomic E-state index is 12.9. The summed E-state index contributed by atoms with van der Waals surface area (Å²) in [5, 5.41) is 9.48. The first-order valence-electron chi connectivity index (χ1n) is 8.54. The van der Waals surface area contributed by atoms with Crippen molar-refractivity contribution in [2.24, 2.45) is 7.05 Å². The van der Waals surface area contributed by atoms with E-state index in [0.29, 0.717) is 11.4 Å². The van der Waals surface area contributed by atoms with Crippen LogP contribution in [0.5, 0.6) is 0 Å². The summed E-state index contributed by atoms with van der Waals surface area (Å²) in [7, 11) is -2.06. The molecule has 0 radical (unpaired) electrons. The SMILES string of the molecule is Cn1cc(S(=O)(=O)Nc2ccc(Nc3ccccc3)cc2)c(-c2cccs2)n1. The van der Waals surface area contributed by atoms with Gasteiger partial charge in [-0.2, -0.15) is 5.10 Å². The van der Waals surface area contributed by atoms with Crippen LogP contribution in [0.3, 0.4) is 0 Å². The molecular formula is C20H18N4O2S2. The van der Waals surface area contributed by atoms with Crippen LogP contribution >= 0.6 is 11.3 Å². The van der Waals surface area contributed by atoms with Gasteiger partial charge in [0.05, 0.1) is 4.88 Å². The van der Waals surface area contributed by atoms with E-state index in [-0.39, 0.29) is 4.90 Å². The minimum atomic E-state index is -3.77. The number of anilines is 3. The van der Waals surface area contributed by atoms with Gasteiger partial charge >= 0.3 is 0 Å². The molecule has 0 fully saturated rings. The molecule has 0 aliphatic heterocycles. The highest BCUT2D eigenvalue weighted by Crippen LogP contribution is 2.30. The molecule has 4 aromatic rings. The molecule has 0 unspecified atom stereocenters. The second kappa shape index (κ2) is 7.49. The molecule has 0 amide bonds. The Balaban J connectivity index is 1.56. The highest BCUT2D eigenvalue weighted by Gasteiger charge is 2.23. The van der Waals surface area contributed by atoms with E-state index in [1.54, 1.807) is 19.2 Å². The Kier molecular flexibility index (Phi) is 4.89. The number of thiophene rings is 1. The molecule has 2 N–H and O–H groups in total. The zero-order valence-electron chi connectivity index (χ0n) is 15.0. The van der Waals surface area contributed by atoms with Crippen LogP contribution in [0.1, 0.15) is 0 Å². The van der Waals surface area contributed by atoms with Crippen molar-refractivity contribution in [2.45, 2.75) is 4.90 Å². The van der Waals surface area contributed by atoms with Crippen LogP contribution in [0, 0.1) is 0 Å². The molecule has 2 heterocycles. The molecule has 8 heteroatoms. The van der Waals surface area contributed by atoms with Crippen LogP contribution in [0.2, 0.25) is 0 Å². The third-order valence-corrected chi connectivity index (χ3v) is 6.30. The molecule has 142 valence electrons. The number of hydrogen-bond donors (Lipinski definition) is 2. The number of rotatable bonds is 6. The first-order chi connectivity index (χ1) is 13.5. The minimum Gasteiger partial charge on any atom is -0.356 e. The van der Waals surface area contributed by atoms with Crippen LogP contribution in [0.25, 0.3) is 10.6 Å². The maximum Gasteiger partial charge on any atom is 0.265 e. The first-order valence-corrected chi connectivity index (χ1v) is 10.9. The van der Waals surface area contributed by atoms with Crippen molar-refractivity contribution in [3.8, 4) is 10.6 Å². The van der Waals surface area contributed by atoms with Gasteiger partial charge < -0.3 is 5.32 Å². The van der Waals surface area contributed by atoms with Crippen molar-refractivity contribution in [3.63, 3.8) is 0 Å². The number of hydrogen-bond acceptors (Lipinski definition) is 5. The van der Waals surface area contributed by atoms with Gasteiger partial charge in [0.25, 0.3) is 10.0 Å². The van der Waals surface area contributed by atoms with Gasteiger partial charge in [0.15, 0.2) is 0 Å². The number of para-hydroxylation sites is 1. The number of sulfonamides is 1. The van der Waals surface area contributed by atoms with Gasteiger partial charge in [0, 0.05) is 30.3 Å². The lowest BCUT2D eigenvalue weighted by Gasteiger charge is -2.10. The first kappa shape index (κ1) is 18.3. The van der Waals surface area contributed by atoms with E-state index in [2.05, 4.69) is 15.1 Å². The van der Waals surface area contributed by atoms with Gasteiger partial charge in [-0.25, -0.2) is 8.42 Å².